The molecule has 0 saturated carbocycles. The summed E-state index contributed by atoms with van der Waals surface area (Å²) < 4.78 is 37.5. The molecule has 3 rings (SSSR count). The standard InChI is InChI=1S/C23H26N2O5S/c1-3-16-30-21-10-9-20(18-22(21)29-2)23(26)24-12-14-25(15-13-24)31(27,28)17-11-19-7-5-4-6-8-19/h3-11,17-18H,1,12-16H2,2H3/b17-11+. The van der Waals surface area contributed by atoms with E-state index in [-0.39, 0.29) is 19.0 Å². The van der Waals surface area contributed by atoms with Gasteiger partial charge in [0, 0.05) is 37.2 Å². The Morgan fingerprint density at radius 2 is 1.77 bits per heavy atom. The molecule has 8 heteroatoms. The molecule has 0 N–H and O–H groups in total. The number of amides is 1. The zero-order valence-corrected chi connectivity index (χ0v) is 18.3. The van der Waals surface area contributed by atoms with Gasteiger partial charge in [-0.3, -0.25) is 4.79 Å². The van der Waals surface area contributed by atoms with Crippen LogP contribution in [0.4, 0.5) is 0 Å². The van der Waals surface area contributed by atoms with Crippen molar-refractivity contribution < 1.29 is 22.7 Å². The van der Waals surface area contributed by atoms with Gasteiger partial charge in [-0.05, 0) is 29.8 Å². The van der Waals surface area contributed by atoms with Gasteiger partial charge >= 0.3 is 0 Å². The second kappa shape index (κ2) is 10.3. The summed E-state index contributed by atoms with van der Waals surface area (Å²) in [6.45, 7) is 5.05. The molecule has 0 aliphatic carbocycles. The lowest BCUT2D eigenvalue weighted by Crippen LogP contribution is -2.50. The Balaban J connectivity index is 1.63. The van der Waals surface area contributed by atoms with Crippen molar-refractivity contribution in [3.63, 3.8) is 0 Å². The number of carbonyl (C=O) groups is 1. The first-order chi connectivity index (χ1) is 14.9. The summed E-state index contributed by atoms with van der Waals surface area (Å²) in [7, 11) is -2.04. The van der Waals surface area contributed by atoms with Gasteiger partial charge < -0.3 is 14.4 Å². The number of methoxy groups -OCH3 is 1. The molecule has 7 nitrogen and oxygen atoms in total. The molecular weight excluding hydrogens is 416 g/mol. The molecule has 0 spiro atoms. The van der Waals surface area contributed by atoms with Gasteiger partial charge in [-0.1, -0.05) is 43.0 Å². The van der Waals surface area contributed by atoms with E-state index < -0.39 is 10.0 Å². The van der Waals surface area contributed by atoms with E-state index in [1.54, 1.807) is 35.3 Å². The van der Waals surface area contributed by atoms with Gasteiger partial charge in [0.1, 0.15) is 6.61 Å². The lowest BCUT2D eigenvalue weighted by Gasteiger charge is -2.33. The zero-order valence-electron chi connectivity index (χ0n) is 17.4. The van der Waals surface area contributed by atoms with Crippen molar-refractivity contribution in [3.8, 4) is 11.5 Å². The monoisotopic (exact) mass is 442 g/mol. The fourth-order valence-corrected chi connectivity index (χ4v) is 4.39. The number of hydrogen-bond donors (Lipinski definition) is 0. The SMILES string of the molecule is C=CCOc1ccc(C(=O)N2CCN(S(=O)(=O)/C=C/c3ccccc3)CC2)cc1OC. The maximum Gasteiger partial charge on any atom is 0.254 e. The molecule has 1 heterocycles. The number of rotatable bonds is 8. The Morgan fingerprint density at radius 1 is 1.06 bits per heavy atom. The van der Waals surface area contributed by atoms with Gasteiger partial charge in [0.25, 0.3) is 5.91 Å². The van der Waals surface area contributed by atoms with Crippen LogP contribution < -0.4 is 9.47 Å². The Bertz CT molecular complexity index is 1040. The number of nitrogens with zero attached hydrogens (tertiary/aromatic N) is 2. The molecule has 0 radical (unpaired) electrons. The fourth-order valence-electron chi connectivity index (χ4n) is 3.21. The first-order valence-electron chi connectivity index (χ1n) is 9.89. The van der Waals surface area contributed by atoms with Crippen LogP contribution in [0, 0.1) is 0 Å². The van der Waals surface area contributed by atoms with Gasteiger partial charge in [0.2, 0.25) is 10.0 Å². The van der Waals surface area contributed by atoms with E-state index in [1.165, 1.54) is 16.8 Å². The van der Waals surface area contributed by atoms with Crippen molar-refractivity contribution in [2.75, 3.05) is 39.9 Å². The van der Waals surface area contributed by atoms with E-state index in [0.29, 0.717) is 36.8 Å². The second-order valence-electron chi connectivity index (χ2n) is 6.91. The third kappa shape index (κ3) is 5.74. The minimum absolute atomic E-state index is 0.176. The van der Waals surface area contributed by atoms with Crippen LogP contribution in [0.2, 0.25) is 0 Å². The zero-order chi connectivity index (χ0) is 22.3. The van der Waals surface area contributed by atoms with Gasteiger partial charge in [-0.2, -0.15) is 4.31 Å². The highest BCUT2D eigenvalue weighted by molar-refractivity contribution is 7.92. The average molecular weight is 443 g/mol. The number of carbonyl (C=O) groups excluding carboxylic acids is 1. The molecular formula is C23H26N2O5S. The Morgan fingerprint density at radius 3 is 2.42 bits per heavy atom. The molecule has 0 aromatic heterocycles. The molecule has 1 amide bonds. The maximum absolute atomic E-state index is 12.9. The topological polar surface area (TPSA) is 76.2 Å². The molecule has 0 bridgehead atoms. The van der Waals surface area contributed by atoms with Crippen molar-refractivity contribution in [1.29, 1.82) is 0 Å². The first-order valence-corrected chi connectivity index (χ1v) is 11.4. The summed E-state index contributed by atoms with van der Waals surface area (Å²) in [5.41, 5.74) is 1.28. The van der Waals surface area contributed by atoms with Crippen LogP contribution in [-0.2, 0) is 10.0 Å². The number of piperazine rings is 1. The van der Waals surface area contributed by atoms with Crippen LogP contribution in [0.1, 0.15) is 15.9 Å². The van der Waals surface area contributed by atoms with Crippen molar-refractivity contribution in [3.05, 3.63) is 77.7 Å². The number of benzene rings is 2. The highest BCUT2D eigenvalue weighted by Gasteiger charge is 2.28. The summed E-state index contributed by atoms with van der Waals surface area (Å²) >= 11 is 0. The molecule has 2 aromatic carbocycles. The Hall–Kier alpha value is -3.10. The third-order valence-electron chi connectivity index (χ3n) is 4.89. The summed E-state index contributed by atoms with van der Waals surface area (Å²) in [6.07, 6.45) is 3.20. The van der Waals surface area contributed by atoms with E-state index in [1.807, 2.05) is 30.3 Å². The summed E-state index contributed by atoms with van der Waals surface area (Å²) in [4.78, 5) is 14.5. The maximum atomic E-state index is 12.9. The van der Waals surface area contributed by atoms with Crippen LogP contribution in [0.3, 0.4) is 0 Å². The van der Waals surface area contributed by atoms with Crippen LogP contribution >= 0.6 is 0 Å². The van der Waals surface area contributed by atoms with E-state index in [9.17, 15) is 13.2 Å². The van der Waals surface area contributed by atoms with Crippen LogP contribution in [-0.4, -0.2) is 63.4 Å². The second-order valence-corrected chi connectivity index (χ2v) is 8.73. The molecule has 164 valence electrons. The first kappa shape index (κ1) is 22.6. The molecule has 0 unspecified atom stereocenters. The number of sulfonamides is 1. The molecule has 1 aliphatic heterocycles. The normalized spacial score (nSPS) is 15.1. The minimum Gasteiger partial charge on any atom is -0.493 e. The highest BCUT2D eigenvalue weighted by atomic mass is 32.2. The Labute approximate surface area is 183 Å². The summed E-state index contributed by atoms with van der Waals surface area (Å²) in [6, 6.07) is 14.2. The van der Waals surface area contributed by atoms with E-state index >= 15 is 0 Å². The average Bonchev–Trinajstić information content (AvgIpc) is 2.81. The molecule has 1 saturated heterocycles. The van der Waals surface area contributed by atoms with Gasteiger partial charge in [-0.15, -0.1) is 0 Å². The lowest BCUT2D eigenvalue weighted by atomic mass is 10.1. The molecule has 0 atom stereocenters. The third-order valence-corrected chi connectivity index (χ3v) is 6.45. The number of ether oxygens (including phenoxy) is 2. The summed E-state index contributed by atoms with van der Waals surface area (Å²) in [5, 5.41) is 1.21. The van der Waals surface area contributed by atoms with Crippen LogP contribution in [0.15, 0.2) is 66.6 Å². The van der Waals surface area contributed by atoms with Crippen molar-refractivity contribution in [1.82, 2.24) is 9.21 Å². The van der Waals surface area contributed by atoms with E-state index in [2.05, 4.69) is 6.58 Å². The lowest BCUT2D eigenvalue weighted by molar-refractivity contribution is 0.0698. The number of hydrogen-bond acceptors (Lipinski definition) is 5. The predicted molar refractivity (Wildman–Crippen MR) is 121 cm³/mol. The van der Waals surface area contributed by atoms with E-state index in [0.717, 1.165) is 5.56 Å². The summed E-state index contributed by atoms with van der Waals surface area (Å²) in [5.74, 6) is 0.811. The molecule has 1 aliphatic rings. The van der Waals surface area contributed by atoms with Gasteiger partial charge in [0.15, 0.2) is 11.5 Å². The van der Waals surface area contributed by atoms with Crippen molar-refractivity contribution in [2.45, 2.75) is 0 Å². The predicted octanol–water partition coefficient (Wildman–Crippen LogP) is 3.02. The van der Waals surface area contributed by atoms with Crippen LogP contribution in [0.25, 0.3) is 6.08 Å². The fraction of sp³-hybridized carbons (Fsp3) is 0.261. The smallest absolute Gasteiger partial charge is 0.254 e. The highest BCUT2D eigenvalue weighted by Crippen LogP contribution is 2.29. The quantitative estimate of drug-likeness (QED) is 0.588. The van der Waals surface area contributed by atoms with Crippen molar-refractivity contribution in [2.24, 2.45) is 0 Å². The molecule has 2 aromatic rings. The molecule has 1 fully saturated rings. The van der Waals surface area contributed by atoms with Crippen LogP contribution in [0.5, 0.6) is 11.5 Å². The largest absolute Gasteiger partial charge is 0.493 e. The minimum atomic E-state index is -3.55. The Kier molecular flexibility index (Phi) is 7.49. The van der Waals surface area contributed by atoms with Gasteiger partial charge in [-0.25, -0.2) is 8.42 Å². The van der Waals surface area contributed by atoms with Crippen molar-refractivity contribution >= 4 is 22.0 Å². The molecule has 31 heavy (non-hydrogen) atoms. The van der Waals surface area contributed by atoms with E-state index in [4.69, 9.17) is 9.47 Å². The van der Waals surface area contributed by atoms with Gasteiger partial charge in [0.05, 0.1) is 7.11 Å².